The van der Waals surface area contributed by atoms with Gasteiger partial charge in [-0.2, -0.15) is 9.50 Å². The molecule has 2 aromatic heterocycles. The normalized spacial score (nSPS) is 23.8. The number of amides is 1. The highest BCUT2D eigenvalue weighted by molar-refractivity contribution is 6.21. The number of aromatic amines is 1. The Hall–Kier alpha value is -2.97. The van der Waals surface area contributed by atoms with Gasteiger partial charge in [-0.25, -0.2) is 0 Å². The smallest absolute Gasteiger partial charge is 0.275 e. The fraction of sp³-hybridized carbons (Fsp3) is 0.533. The highest BCUT2D eigenvalue weighted by Gasteiger charge is 2.46. The lowest BCUT2D eigenvalue weighted by Gasteiger charge is -2.49. The number of aromatic nitrogens is 4. The van der Waals surface area contributed by atoms with Crippen LogP contribution in [0, 0.1) is 11.3 Å². The first-order valence-electron chi connectivity index (χ1n) is 14.3. The third kappa shape index (κ3) is 5.29. The molecule has 6 rings (SSSR count). The fourth-order valence-electron chi connectivity index (χ4n) is 6.52. The van der Waals surface area contributed by atoms with Gasteiger partial charge in [0.05, 0.1) is 12.0 Å². The van der Waals surface area contributed by atoms with Crippen molar-refractivity contribution in [3.8, 4) is 11.4 Å². The van der Waals surface area contributed by atoms with Crippen LogP contribution in [0.15, 0.2) is 53.3 Å². The number of rotatable bonds is 8. The number of benzene rings is 1. The molecule has 0 spiro atoms. The van der Waals surface area contributed by atoms with Crippen molar-refractivity contribution in [2.75, 3.05) is 6.54 Å². The van der Waals surface area contributed by atoms with Crippen molar-refractivity contribution in [2.24, 2.45) is 11.3 Å². The van der Waals surface area contributed by atoms with Gasteiger partial charge in [-0.1, -0.05) is 68.2 Å². The fourth-order valence-corrected chi connectivity index (χ4v) is 6.73. The van der Waals surface area contributed by atoms with E-state index in [2.05, 4.69) is 32.5 Å². The van der Waals surface area contributed by atoms with Crippen LogP contribution in [0.25, 0.3) is 17.2 Å². The number of carbonyl (C=O) groups excluding carboxylic acids is 1. The topological polar surface area (TPSA) is 101 Å². The van der Waals surface area contributed by atoms with Crippen molar-refractivity contribution < 1.29 is 9.53 Å². The molecule has 9 heteroatoms. The van der Waals surface area contributed by atoms with Crippen LogP contribution in [-0.2, 0) is 16.1 Å². The lowest BCUT2D eigenvalue weighted by molar-refractivity contribution is -0.155. The zero-order chi connectivity index (χ0) is 26.9. The summed E-state index contributed by atoms with van der Waals surface area (Å²) >= 11 is 6.29. The number of carbonyl (C=O) groups is 1. The van der Waals surface area contributed by atoms with Gasteiger partial charge in [-0.3, -0.25) is 9.59 Å². The van der Waals surface area contributed by atoms with Gasteiger partial charge in [0.2, 0.25) is 5.78 Å². The highest BCUT2D eigenvalue weighted by Crippen LogP contribution is 2.50. The maximum Gasteiger partial charge on any atom is 0.275 e. The van der Waals surface area contributed by atoms with Crippen LogP contribution in [0.3, 0.4) is 0 Å². The molecule has 2 unspecified atom stereocenters. The van der Waals surface area contributed by atoms with Gasteiger partial charge in [0.15, 0.2) is 5.82 Å². The van der Waals surface area contributed by atoms with Crippen LogP contribution < -0.4 is 10.9 Å². The number of fused-ring (bicyclic) bond motifs is 1. The van der Waals surface area contributed by atoms with E-state index in [1.54, 1.807) is 0 Å². The van der Waals surface area contributed by atoms with Crippen LogP contribution in [0.4, 0.5) is 0 Å². The van der Waals surface area contributed by atoms with Crippen molar-refractivity contribution in [1.82, 2.24) is 24.9 Å². The van der Waals surface area contributed by atoms with Crippen molar-refractivity contribution >= 4 is 23.3 Å². The van der Waals surface area contributed by atoms with Crippen LogP contribution in [0.1, 0.15) is 69.9 Å². The van der Waals surface area contributed by atoms with Crippen LogP contribution in [-0.4, -0.2) is 43.0 Å². The molecule has 2 heterocycles. The molecule has 8 nitrogen and oxygen atoms in total. The third-order valence-corrected chi connectivity index (χ3v) is 9.40. The van der Waals surface area contributed by atoms with Crippen molar-refractivity contribution in [1.29, 1.82) is 0 Å². The molecule has 0 saturated heterocycles. The molecule has 2 saturated carbocycles. The molecule has 3 aliphatic rings. The molecule has 2 atom stereocenters. The SMILES string of the molecule is O=C(NCC1(C2C=CC(Cl)CC2)CCC1)C1(OCc2cc(=O)n3nc(-c4ccccc4)nc3[nH]2)CCCCC1. The third-order valence-electron chi connectivity index (χ3n) is 9.04. The van der Waals surface area contributed by atoms with E-state index in [9.17, 15) is 9.59 Å². The van der Waals surface area contributed by atoms with Crippen molar-refractivity contribution in [3.63, 3.8) is 0 Å². The second-order valence-electron chi connectivity index (χ2n) is 11.5. The number of hydrogen-bond donors (Lipinski definition) is 2. The zero-order valence-electron chi connectivity index (χ0n) is 22.2. The summed E-state index contributed by atoms with van der Waals surface area (Å²) in [6, 6.07) is 11.0. The minimum absolute atomic E-state index is 0.0271. The first-order valence-corrected chi connectivity index (χ1v) is 14.7. The predicted octanol–water partition coefficient (Wildman–Crippen LogP) is 5.16. The van der Waals surface area contributed by atoms with E-state index in [1.807, 2.05) is 30.3 Å². The molecular formula is C30H36ClN5O3. The van der Waals surface area contributed by atoms with E-state index in [1.165, 1.54) is 17.0 Å². The summed E-state index contributed by atoms with van der Waals surface area (Å²) in [4.78, 5) is 34.3. The Morgan fingerprint density at radius 3 is 2.56 bits per heavy atom. The van der Waals surface area contributed by atoms with Crippen LogP contribution in [0.5, 0.6) is 0 Å². The number of hydrogen-bond acceptors (Lipinski definition) is 5. The van der Waals surface area contributed by atoms with Gasteiger partial charge in [-0.05, 0) is 49.9 Å². The Balaban J connectivity index is 1.17. The second kappa shape index (κ2) is 10.9. The zero-order valence-corrected chi connectivity index (χ0v) is 23.0. The number of allylic oxidation sites excluding steroid dienone is 2. The van der Waals surface area contributed by atoms with Crippen LogP contribution >= 0.6 is 11.6 Å². The molecule has 0 bridgehead atoms. The molecule has 3 aliphatic carbocycles. The Morgan fingerprint density at radius 1 is 1.08 bits per heavy atom. The Labute approximate surface area is 233 Å². The Bertz CT molecular complexity index is 1400. The molecule has 39 heavy (non-hydrogen) atoms. The van der Waals surface area contributed by atoms with Gasteiger partial charge >= 0.3 is 0 Å². The number of ether oxygens (including phenoxy) is 1. The number of H-pyrrole nitrogens is 1. The average Bonchev–Trinajstić information content (AvgIpc) is 3.38. The maximum absolute atomic E-state index is 13.7. The summed E-state index contributed by atoms with van der Waals surface area (Å²) in [6.07, 6.45) is 14.3. The Morgan fingerprint density at radius 2 is 1.87 bits per heavy atom. The van der Waals surface area contributed by atoms with Crippen molar-refractivity contribution in [2.45, 2.75) is 81.8 Å². The summed E-state index contributed by atoms with van der Waals surface area (Å²) in [5, 5.41) is 7.80. The lowest BCUT2D eigenvalue weighted by atomic mass is 9.59. The summed E-state index contributed by atoms with van der Waals surface area (Å²) in [6.45, 7) is 0.796. The maximum atomic E-state index is 13.7. The van der Waals surface area contributed by atoms with E-state index in [0.29, 0.717) is 42.6 Å². The quantitative estimate of drug-likeness (QED) is 0.298. The Kier molecular flexibility index (Phi) is 7.33. The molecule has 1 aromatic carbocycles. The molecule has 0 radical (unpaired) electrons. The number of nitrogens with one attached hydrogen (secondary N) is 2. The largest absolute Gasteiger partial charge is 0.359 e. The van der Waals surface area contributed by atoms with Gasteiger partial charge < -0.3 is 15.0 Å². The molecule has 206 valence electrons. The lowest BCUT2D eigenvalue weighted by Crippen LogP contribution is -2.54. The molecule has 3 aromatic rings. The molecular weight excluding hydrogens is 514 g/mol. The van der Waals surface area contributed by atoms with E-state index in [4.69, 9.17) is 16.3 Å². The monoisotopic (exact) mass is 549 g/mol. The first kappa shape index (κ1) is 26.3. The molecule has 2 N–H and O–H groups in total. The second-order valence-corrected chi connectivity index (χ2v) is 12.1. The molecule has 2 fully saturated rings. The predicted molar refractivity (Wildman–Crippen MR) is 150 cm³/mol. The summed E-state index contributed by atoms with van der Waals surface area (Å²) in [5.74, 6) is 1.27. The summed E-state index contributed by atoms with van der Waals surface area (Å²) in [5.41, 5.74) is 0.361. The minimum atomic E-state index is -0.890. The first-order chi connectivity index (χ1) is 19.0. The number of alkyl halides is 1. The minimum Gasteiger partial charge on any atom is -0.359 e. The van der Waals surface area contributed by atoms with Gasteiger partial charge in [-0.15, -0.1) is 16.7 Å². The van der Waals surface area contributed by atoms with E-state index in [-0.39, 0.29) is 28.9 Å². The van der Waals surface area contributed by atoms with Gasteiger partial charge in [0.25, 0.3) is 11.5 Å². The molecule has 0 aliphatic heterocycles. The van der Waals surface area contributed by atoms with E-state index < -0.39 is 5.60 Å². The summed E-state index contributed by atoms with van der Waals surface area (Å²) < 4.78 is 7.68. The number of halogens is 1. The van der Waals surface area contributed by atoms with Gasteiger partial charge in [0, 0.05) is 23.9 Å². The standard InChI is InChI=1S/C30H36ClN5O3/c31-23-12-10-22(11-13-23)29(14-7-15-29)20-32-27(38)30(16-5-2-6-17-30)39-19-24-18-25(37)36-28(33-24)34-26(35-36)21-8-3-1-4-9-21/h1,3-4,8-10,12,18,22-23H,2,5-7,11,13-17,19-20H2,(H,32,38)(H,33,34,35). The molecule has 1 amide bonds. The van der Waals surface area contributed by atoms with E-state index in [0.717, 1.165) is 50.5 Å². The highest BCUT2D eigenvalue weighted by atomic mass is 35.5. The van der Waals surface area contributed by atoms with Crippen LogP contribution in [0.2, 0.25) is 0 Å². The van der Waals surface area contributed by atoms with Crippen molar-refractivity contribution in [3.05, 3.63) is 64.6 Å². The number of nitrogens with zero attached hydrogens (tertiary/aromatic N) is 3. The summed E-state index contributed by atoms with van der Waals surface area (Å²) in [7, 11) is 0. The van der Waals surface area contributed by atoms with Gasteiger partial charge in [0.1, 0.15) is 5.60 Å². The average molecular weight is 550 g/mol. The van der Waals surface area contributed by atoms with E-state index >= 15 is 0 Å².